The number of carbonyl (C=O) groups is 2. The van der Waals surface area contributed by atoms with Crippen LogP contribution in [0.15, 0.2) is 24.3 Å². The lowest BCUT2D eigenvalue weighted by Gasteiger charge is -2.35. The number of hydrogen-bond acceptors (Lipinski definition) is 3. The maximum absolute atomic E-state index is 12.5. The number of nitrogens with one attached hydrogen (secondary N) is 1. The van der Waals surface area contributed by atoms with Gasteiger partial charge < -0.3 is 15.0 Å². The van der Waals surface area contributed by atoms with Crippen LogP contribution in [0.2, 0.25) is 0 Å². The van der Waals surface area contributed by atoms with E-state index in [9.17, 15) is 9.59 Å². The Kier molecular flexibility index (Phi) is 7.90. The van der Waals surface area contributed by atoms with Gasteiger partial charge >= 0.3 is 0 Å². The van der Waals surface area contributed by atoms with Crippen LogP contribution in [0.1, 0.15) is 53.0 Å². The van der Waals surface area contributed by atoms with Crippen molar-refractivity contribution in [3.8, 4) is 5.75 Å². The van der Waals surface area contributed by atoms with Gasteiger partial charge in [0.2, 0.25) is 11.8 Å². The lowest BCUT2D eigenvalue weighted by Crippen LogP contribution is -2.48. The first-order chi connectivity index (χ1) is 13.2. The van der Waals surface area contributed by atoms with Crippen LogP contribution >= 0.6 is 0 Å². The molecule has 0 spiro atoms. The lowest BCUT2D eigenvalue weighted by molar-refractivity contribution is -0.142. The molecule has 2 rings (SSSR count). The Morgan fingerprint density at radius 3 is 2.50 bits per heavy atom. The summed E-state index contributed by atoms with van der Waals surface area (Å²) in [5.74, 6) is 1.47. The van der Waals surface area contributed by atoms with E-state index in [2.05, 4.69) is 19.2 Å². The number of rotatable bonds is 7. The molecule has 5 heteroatoms. The van der Waals surface area contributed by atoms with Gasteiger partial charge in [0, 0.05) is 25.0 Å². The van der Waals surface area contributed by atoms with E-state index in [1.807, 2.05) is 49.9 Å². The first kappa shape index (κ1) is 22.3. The summed E-state index contributed by atoms with van der Waals surface area (Å²) in [7, 11) is 0. The Morgan fingerprint density at radius 1 is 1.21 bits per heavy atom. The maximum atomic E-state index is 12.5. The Hall–Kier alpha value is -2.04. The number of hydrogen-bond donors (Lipinski definition) is 1. The van der Waals surface area contributed by atoms with Gasteiger partial charge in [-0.3, -0.25) is 9.59 Å². The second kappa shape index (κ2) is 9.94. The molecule has 1 aromatic rings. The molecular formula is C23H36N2O3. The number of piperidine rings is 1. The van der Waals surface area contributed by atoms with Crippen molar-refractivity contribution in [2.24, 2.45) is 17.3 Å². The smallest absolute Gasteiger partial charge is 0.227 e. The second-order valence-electron chi connectivity index (χ2n) is 9.23. The fraction of sp³-hybridized carbons (Fsp3) is 0.652. The van der Waals surface area contributed by atoms with Gasteiger partial charge in [-0.15, -0.1) is 0 Å². The number of likely N-dealkylation sites (tertiary alicyclic amines) is 1. The number of nitrogens with zero attached hydrogens (tertiary/aromatic N) is 1. The third kappa shape index (κ3) is 6.84. The van der Waals surface area contributed by atoms with Crippen LogP contribution in [0.25, 0.3) is 0 Å². The highest BCUT2D eigenvalue weighted by atomic mass is 16.5. The molecule has 28 heavy (non-hydrogen) atoms. The summed E-state index contributed by atoms with van der Waals surface area (Å²) in [5, 5.41) is 3.05. The maximum Gasteiger partial charge on any atom is 0.227 e. The van der Waals surface area contributed by atoms with Gasteiger partial charge in [0.05, 0.1) is 12.5 Å². The van der Waals surface area contributed by atoms with E-state index in [0.717, 1.165) is 31.6 Å². The van der Waals surface area contributed by atoms with Crippen molar-refractivity contribution in [1.29, 1.82) is 0 Å². The Bertz CT molecular complexity index is 647. The van der Waals surface area contributed by atoms with Gasteiger partial charge in [0.15, 0.2) is 0 Å². The van der Waals surface area contributed by atoms with Crippen molar-refractivity contribution >= 4 is 11.8 Å². The third-order valence-electron chi connectivity index (χ3n) is 4.94. The molecule has 0 saturated carbocycles. The summed E-state index contributed by atoms with van der Waals surface area (Å²) in [4.78, 5) is 26.9. The average Bonchev–Trinajstić information content (AvgIpc) is 2.66. The quantitative estimate of drug-likeness (QED) is 0.775. The van der Waals surface area contributed by atoms with Crippen LogP contribution in [0, 0.1) is 17.3 Å². The predicted molar refractivity (Wildman–Crippen MR) is 112 cm³/mol. The van der Waals surface area contributed by atoms with Gasteiger partial charge in [-0.25, -0.2) is 0 Å². The Labute approximate surface area is 169 Å². The highest BCUT2D eigenvalue weighted by molar-refractivity contribution is 5.83. The largest absolute Gasteiger partial charge is 0.493 e. The predicted octanol–water partition coefficient (Wildman–Crippen LogP) is 3.66. The minimum absolute atomic E-state index is 0.0586. The summed E-state index contributed by atoms with van der Waals surface area (Å²) in [6.07, 6.45) is 2.52. The molecule has 0 aliphatic carbocycles. The summed E-state index contributed by atoms with van der Waals surface area (Å²) in [5.41, 5.74) is 0.772. The van der Waals surface area contributed by atoms with Crippen molar-refractivity contribution in [3.05, 3.63) is 29.8 Å². The highest BCUT2D eigenvalue weighted by Crippen LogP contribution is 2.23. The first-order valence-electron chi connectivity index (χ1n) is 10.5. The van der Waals surface area contributed by atoms with E-state index in [-0.39, 0.29) is 17.7 Å². The molecule has 2 amide bonds. The standard InChI is InChI=1S/C23H36N2O3/c1-17(2)16-28-20-10-8-18(9-11-20)12-13-24-21(26)19-7-6-14-25(15-19)22(27)23(3,4)5/h8-11,17,19H,6-7,12-16H2,1-5H3,(H,24,26). The molecule has 1 heterocycles. The number of carbonyl (C=O) groups excluding carboxylic acids is 2. The molecular weight excluding hydrogens is 352 g/mol. The van der Waals surface area contributed by atoms with Gasteiger partial charge in [-0.2, -0.15) is 0 Å². The fourth-order valence-electron chi connectivity index (χ4n) is 3.34. The van der Waals surface area contributed by atoms with E-state index in [1.165, 1.54) is 5.56 Å². The Morgan fingerprint density at radius 2 is 1.89 bits per heavy atom. The fourth-order valence-corrected chi connectivity index (χ4v) is 3.34. The van der Waals surface area contributed by atoms with Gasteiger partial charge in [-0.05, 0) is 42.9 Å². The van der Waals surface area contributed by atoms with E-state index in [0.29, 0.717) is 25.6 Å². The van der Waals surface area contributed by atoms with E-state index in [4.69, 9.17) is 4.74 Å². The zero-order valence-electron chi connectivity index (χ0n) is 18.1. The molecule has 1 aliphatic rings. The van der Waals surface area contributed by atoms with Crippen LogP contribution in [0.5, 0.6) is 5.75 Å². The van der Waals surface area contributed by atoms with E-state index < -0.39 is 5.41 Å². The molecule has 1 N–H and O–H groups in total. The van der Waals surface area contributed by atoms with Crippen molar-refractivity contribution < 1.29 is 14.3 Å². The topological polar surface area (TPSA) is 58.6 Å². The van der Waals surface area contributed by atoms with E-state index >= 15 is 0 Å². The third-order valence-corrected chi connectivity index (χ3v) is 4.94. The van der Waals surface area contributed by atoms with Gasteiger partial charge in [0.1, 0.15) is 5.75 Å². The summed E-state index contributed by atoms with van der Waals surface area (Å²) < 4.78 is 5.70. The molecule has 1 atom stereocenters. The molecule has 1 aromatic carbocycles. The van der Waals surface area contributed by atoms with Gasteiger partial charge in [-0.1, -0.05) is 46.8 Å². The van der Waals surface area contributed by atoms with Crippen LogP contribution in [0.3, 0.4) is 0 Å². The molecule has 0 aromatic heterocycles. The summed E-state index contributed by atoms with van der Waals surface area (Å²) >= 11 is 0. The number of amides is 2. The average molecular weight is 389 g/mol. The minimum Gasteiger partial charge on any atom is -0.493 e. The highest BCUT2D eigenvalue weighted by Gasteiger charge is 2.33. The normalized spacial score (nSPS) is 17.5. The van der Waals surface area contributed by atoms with E-state index in [1.54, 1.807) is 0 Å². The van der Waals surface area contributed by atoms with Crippen molar-refractivity contribution in [1.82, 2.24) is 10.2 Å². The van der Waals surface area contributed by atoms with Crippen LogP contribution in [-0.2, 0) is 16.0 Å². The molecule has 1 fully saturated rings. The minimum atomic E-state index is -0.399. The molecule has 1 saturated heterocycles. The monoisotopic (exact) mass is 388 g/mol. The van der Waals surface area contributed by atoms with Crippen LogP contribution in [-0.4, -0.2) is 43.0 Å². The summed E-state index contributed by atoms with van der Waals surface area (Å²) in [6, 6.07) is 8.06. The lowest BCUT2D eigenvalue weighted by atomic mass is 9.91. The van der Waals surface area contributed by atoms with Crippen molar-refractivity contribution in [3.63, 3.8) is 0 Å². The Balaban J connectivity index is 1.76. The molecule has 156 valence electrons. The molecule has 5 nitrogen and oxygen atoms in total. The van der Waals surface area contributed by atoms with Gasteiger partial charge in [0.25, 0.3) is 0 Å². The van der Waals surface area contributed by atoms with Crippen molar-refractivity contribution in [2.75, 3.05) is 26.2 Å². The first-order valence-corrected chi connectivity index (χ1v) is 10.5. The second-order valence-corrected chi connectivity index (χ2v) is 9.23. The molecule has 0 bridgehead atoms. The number of benzene rings is 1. The summed E-state index contributed by atoms with van der Waals surface area (Å²) in [6.45, 7) is 12.6. The number of ether oxygens (including phenoxy) is 1. The SMILES string of the molecule is CC(C)COc1ccc(CCNC(=O)C2CCCN(C(=O)C(C)(C)C)C2)cc1. The van der Waals surface area contributed by atoms with Crippen LogP contribution in [0.4, 0.5) is 0 Å². The molecule has 1 aliphatic heterocycles. The van der Waals surface area contributed by atoms with Crippen LogP contribution < -0.4 is 10.1 Å². The van der Waals surface area contributed by atoms with Crippen molar-refractivity contribution in [2.45, 2.75) is 53.9 Å². The molecule has 0 radical (unpaired) electrons. The zero-order valence-corrected chi connectivity index (χ0v) is 18.1. The zero-order chi connectivity index (χ0) is 20.7. The molecule has 1 unspecified atom stereocenters.